The lowest BCUT2D eigenvalue weighted by molar-refractivity contribution is -0.167. The van der Waals surface area contributed by atoms with Gasteiger partial charge in [-0.15, -0.1) is 0 Å². The number of rotatable bonds is 65. The fraction of sp³-hybridized carbons (Fsp3) is 0.753. The van der Waals surface area contributed by atoms with E-state index in [9.17, 15) is 14.4 Å². The van der Waals surface area contributed by atoms with Gasteiger partial charge in [-0.2, -0.15) is 0 Å². The minimum absolute atomic E-state index is 0.0972. The number of carbonyl (C=O) groups is 3. The molecule has 0 aromatic rings. The molecular weight excluding hydrogens is 1020 g/mol. The summed E-state index contributed by atoms with van der Waals surface area (Å²) in [6.07, 6.45) is 95.8. The highest BCUT2D eigenvalue weighted by Gasteiger charge is 2.19. The van der Waals surface area contributed by atoms with Crippen molar-refractivity contribution in [3.8, 4) is 0 Å². The molecule has 1 unspecified atom stereocenters. The number of ether oxygens (including phenoxy) is 3. The Balaban J connectivity index is 4.42. The molecule has 0 bridgehead atoms. The predicted octanol–water partition coefficient (Wildman–Crippen LogP) is 24.8. The number of carbonyl (C=O) groups excluding carboxylic acids is 3. The van der Waals surface area contributed by atoms with E-state index in [1.807, 2.05) is 0 Å². The van der Waals surface area contributed by atoms with Crippen molar-refractivity contribution in [2.75, 3.05) is 13.2 Å². The number of hydrogen-bond donors (Lipinski definition) is 0. The molecule has 6 heteroatoms. The lowest BCUT2D eigenvalue weighted by atomic mass is 10.0. The van der Waals surface area contributed by atoms with Crippen LogP contribution in [0, 0.1) is 0 Å². The molecule has 83 heavy (non-hydrogen) atoms. The molecule has 6 nitrogen and oxygen atoms in total. The third-order valence-corrected chi connectivity index (χ3v) is 15.6. The van der Waals surface area contributed by atoms with Crippen molar-refractivity contribution < 1.29 is 28.6 Å². The van der Waals surface area contributed by atoms with Crippen molar-refractivity contribution >= 4 is 17.9 Å². The number of esters is 3. The first-order valence-electron chi connectivity index (χ1n) is 35.7. The Morgan fingerprint density at radius 3 is 0.783 bits per heavy atom. The number of hydrogen-bond acceptors (Lipinski definition) is 6. The smallest absolute Gasteiger partial charge is 0.306 e. The minimum atomic E-state index is -0.809. The largest absolute Gasteiger partial charge is 0.462 e. The van der Waals surface area contributed by atoms with Gasteiger partial charge >= 0.3 is 17.9 Å². The Hall–Kier alpha value is -3.67. The van der Waals surface area contributed by atoms with E-state index in [0.717, 1.165) is 89.9 Å². The third-order valence-electron chi connectivity index (χ3n) is 15.6. The SMILES string of the molecule is CC/C=C\C/C=C\C/C=C\C/C=C\C/C=C\C/C=C\C/C=C\CCCC(=O)OC(COC(=O)CCCCCCCCCCCCCCC/C=C\CCCCCCCCCC)COC(=O)CCCCCCCCCCCCCCCCCCC. The zero-order chi connectivity index (χ0) is 59.9. The summed E-state index contributed by atoms with van der Waals surface area (Å²) < 4.78 is 17.0. The quantitative estimate of drug-likeness (QED) is 0.0261. The van der Waals surface area contributed by atoms with Gasteiger partial charge in [-0.05, 0) is 96.3 Å². The van der Waals surface area contributed by atoms with Gasteiger partial charge in [-0.25, -0.2) is 0 Å². The Kier molecular flexibility index (Phi) is 67.7. The summed E-state index contributed by atoms with van der Waals surface area (Å²) in [7, 11) is 0. The van der Waals surface area contributed by atoms with Crippen molar-refractivity contribution in [3.05, 3.63) is 97.2 Å². The average molecular weight is 1160 g/mol. The van der Waals surface area contributed by atoms with Gasteiger partial charge in [0.15, 0.2) is 6.10 Å². The van der Waals surface area contributed by atoms with E-state index in [4.69, 9.17) is 14.2 Å². The Bertz CT molecular complexity index is 1610. The molecule has 0 aliphatic rings. The summed E-state index contributed by atoms with van der Waals surface area (Å²) in [5.41, 5.74) is 0. The van der Waals surface area contributed by atoms with Crippen molar-refractivity contribution in [3.63, 3.8) is 0 Å². The third kappa shape index (κ3) is 69.0. The first kappa shape index (κ1) is 79.3. The van der Waals surface area contributed by atoms with E-state index >= 15 is 0 Å². The van der Waals surface area contributed by atoms with Gasteiger partial charge in [0.1, 0.15) is 13.2 Å². The van der Waals surface area contributed by atoms with Crippen LogP contribution in [-0.2, 0) is 28.6 Å². The fourth-order valence-corrected chi connectivity index (χ4v) is 10.3. The van der Waals surface area contributed by atoms with Crippen LogP contribution in [0.3, 0.4) is 0 Å². The van der Waals surface area contributed by atoms with Crippen molar-refractivity contribution in [1.29, 1.82) is 0 Å². The summed E-state index contributed by atoms with van der Waals surface area (Å²) in [6, 6.07) is 0. The van der Waals surface area contributed by atoms with E-state index in [1.54, 1.807) is 0 Å². The Morgan fingerprint density at radius 1 is 0.253 bits per heavy atom. The van der Waals surface area contributed by atoms with E-state index < -0.39 is 6.10 Å². The zero-order valence-electron chi connectivity index (χ0n) is 54.9. The topological polar surface area (TPSA) is 78.9 Å². The Morgan fingerprint density at radius 2 is 0.482 bits per heavy atom. The first-order valence-corrected chi connectivity index (χ1v) is 35.7. The molecule has 0 amide bonds. The number of allylic oxidation sites excluding steroid dienone is 16. The molecule has 0 aliphatic carbocycles. The maximum Gasteiger partial charge on any atom is 0.306 e. The van der Waals surface area contributed by atoms with E-state index in [0.29, 0.717) is 19.3 Å². The molecule has 0 aromatic heterocycles. The van der Waals surface area contributed by atoms with E-state index in [1.165, 1.54) is 218 Å². The minimum Gasteiger partial charge on any atom is -0.462 e. The molecule has 0 spiro atoms. The van der Waals surface area contributed by atoms with Gasteiger partial charge in [0.25, 0.3) is 0 Å². The summed E-state index contributed by atoms with van der Waals surface area (Å²) in [6.45, 7) is 6.53. The standard InChI is InChI=1S/C77H134O6/c1-4-7-10-13-16-19-22-25-28-31-33-35-37-38-40-41-43-46-49-52-55-58-61-64-67-70-76(79)82-73-74(72-81-75(78)69-66-63-60-57-54-51-48-45-30-27-24-21-18-15-12-9-6-3)83-77(80)71-68-65-62-59-56-53-50-47-44-42-39-36-34-32-29-26-23-20-17-14-11-8-5-2/h8,11,17,20,26,29,31,33-34,36,42,44,50,53,59,62,74H,4-7,9-10,12-16,18-19,21-25,27-28,30,32,35,37-41,43,45-49,51-52,54-58,60-61,63-73H2,1-3H3/b11-8-,20-17-,29-26-,33-31-,36-34-,44-42-,53-50-,62-59-. The second-order valence-corrected chi connectivity index (χ2v) is 23.8. The Labute approximate surface area is 515 Å². The van der Waals surface area contributed by atoms with Crippen molar-refractivity contribution in [2.45, 2.75) is 361 Å². The van der Waals surface area contributed by atoms with Crippen LogP contribution in [0.5, 0.6) is 0 Å². The summed E-state index contributed by atoms with van der Waals surface area (Å²) in [5.74, 6) is -0.939. The summed E-state index contributed by atoms with van der Waals surface area (Å²) in [4.78, 5) is 38.5. The molecule has 0 saturated carbocycles. The second-order valence-electron chi connectivity index (χ2n) is 23.8. The van der Waals surface area contributed by atoms with Crippen molar-refractivity contribution in [1.82, 2.24) is 0 Å². The van der Waals surface area contributed by atoms with Gasteiger partial charge < -0.3 is 14.2 Å². The van der Waals surface area contributed by atoms with Crippen LogP contribution in [0.1, 0.15) is 355 Å². The molecule has 0 heterocycles. The normalized spacial score (nSPS) is 12.7. The zero-order valence-corrected chi connectivity index (χ0v) is 54.9. The van der Waals surface area contributed by atoms with Gasteiger partial charge in [-0.3, -0.25) is 14.4 Å². The van der Waals surface area contributed by atoms with Crippen LogP contribution < -0.4 is 0 Å². The van der Waals surface area contributed by atoms with Gasteiger partial charge in [0.05, 0.1) is 0 Å². The van der Waals surface area contributed by atoms with Crippen LogP contribution >= 0.6 is 0 Å². The molecule has 478 valence electrons. The molecule has 0 N–H and O–H groups in total. The highest BCUT2D eigenvalue weighted by Crippen LogP contribution is 2.17. The summed E-state index contributed by atoms with van der Waals surface area (Å²) in [5, 5.41) is 0. The molecule has 0 rings (SSSR count). The van der Waals surface area contributed by atoms with Crippen LogP contribution in [0.25, 0.3) is 0 Å². The lowest BCUT2D eigenvalue weighted by Crippen LogP contribution is -2.30. The molecular formula is C77H134O6. The van der Waals surface area contributed by atoms with Gasteiger partial charge in [0, 0.05) is 19.3 Å². The molecule has 0 fully saturated rings. The second kappa shape index (κ2) is 70.8. The monoisotopic (exact) mass is 1160 g/mol. The van der Waals surface area contributed by atoms with Crippen LogP contribution in [0.2, 0.25) is 0 Å². The molecule has 0 saturated heterocycles. The maximum atomic E-state index is 12.9. The molecule has 0 aliphatic heterocycles. The fourth-order valence-electron chi connectivity index (χ4n) is 10.3. The van der Waals surface area contributed by atoms with Crippen LogP contribution in [-0.4, -0.2) is 37.2 Å². The summed E-state index contributed by atoms with van der Waals surface area (Å²) >= 11 is 0. The lowest BCUT2D eigenvalue weighted by Gasteiger charge is -2.18. The number of unbranched alkanes of at least 4 members (excludes halogenated alkanes) is 38. The van der Waals surface area contributed by atoms with Crippen LogP contribution in [0.15, 0.2) is 97.2 Å². The molecule has 1 atom stereocenters. The van der Waals surface area contributed by atoms with E-state index in [-0.39, 0.29) is 37.5 Å². The van der Waals surface area contributed by atoms with E-state index in [2.05, 4.69) is 118 Å². The first-order chi connectivity index (χ1) is 41.0. The van der Waals surface area contributed by atoms with Gasteiger partial charge in [-0.1, -0.05) is 336 Å². The highest BCUT2D eigenvalue weighted by atomic mass is 16.6. The van der Waals surface area contributed by atoms with Gasteiger partial charge in [0.2, 0.25) is 0 Å². The maximum absolute atomic E-state index is 12.9. The van der Waals surface area contributed by atoms with Crippen LogP contribution in [0.4, 0.5) is 0 Å². The highest BCUT2D eigenvalue weighted by molar-refractivity contribution is 5.71. The predicted molar refractivity (Wildman–Crippen MR) is 362 cm³/mol. The molecule has 0 radical (unpaired) electrons. The molecule has 0 aromatic carbocycles. The average Bonchev–Trinajstić information content (AvgIpc) is 3.49. The van der Waals surface area contributed by atoms with Crippen molar-refractivity contribution in [2.24, 2.45) is 0 Å².